The molecule has 1 atom stereocenters. The van der Waals surface area contributed by atoms with Gasteiger partial charge in [-0.1, -0.05) is 56.3 Å². The van der Waals surface area contributed by atoms with Gasteiger partial charge >= 0.3 is 7.60 Å². The molecule has 0 bridgehead atoms. The van der Waals surface area contributed by atoms with Gasteiger partial charge in [0.05, 0.1) is 0 Å². The van der Waals surface area contributed by atoms with Crippen LogP contribution < -0.4 is 5.32 Å². The Bertz CT molecular complexity index is 561. The lowest BCUT2D eigenvalue weighted by molar-refractivity contribution is 0.264. The van der Waals surface area contributed by atoms with E-state index in [4.69, 9.17) is 9.05 Å². The van der Waals surface area contributed by atoms with E-state index in [-0.39, 0.29) is 0 Å². The monoisotopic (exact) mass is 351 g/mol. The first kappa shape index (κ1) is 20.9. The third-order valence-electron chi connectivity index (χ3n) is 3.79. The largest absolute Gasteiger partial charge is 0.351 e. The fraction of sp³-hybridized carbons (Fsp3) is 0.474. The summed E-state index contributed by atoms with van der Waals surface area (Å²) in [4.78, 5) is 0. The van der Waals surface area contributed by atoms with Gasteiger partial charge in [-0.25, -0.2) is 0 Å². The molecule has 0 aliphatic heterocycles. The molecule has 1 aromatic carbocycles. The summed E-state index contributed by atoms with van der Waals surface area (Å²) >= 11 is 0. The molecule has 134 valence electrons. The summed E-state index contributed by atoms with van der Waals surface area (Å²) in [5.74, 6) is 0.0539. The van der Waals surface area contributed by atoms with Crippen LogP contribution in [-0.2, 0) is 13.6 Å². The highest BCUT2D eigenvalue weighted by atomic mass is 31.2. The molecule has 0 fully saturated rings. The Kier molecular flexibility index (Phi) is 9.24. The second-order valence-corrected chi connectivity index (χ2v) is 8.39. The van der Waals surface area contributed by atoms with Crippen molar-refractivity contribution in [2.75, 3.05) is 20.8 Å². The molecular formula is C19H30NO3P. The number of rotatable bonds is 11. The summed E-state index contributed by atoms with van der Waals surface area (Å²) in [6, 6.07) is 10.0. The van der Waals surface area contributed by atoms with Crippen molar-refractivity contribution >= 4 is 13.7 Å². The predicted octanol–water partition coefficient (Wildman–Crippen LogP) is 5.09. The molecule has 0 aliphatic carbocycles. The number of hydrogen-bond acceptors (Lipinski definition) is 4. The van der Waals surface area contributed by atoms with Crippen LogP contribution in [0.2, 0.25) is 0 Å². The summed E-state index contributed by atoms with van der Waals surface area (Å²) in [5, 5.41) is 3.26. The smallest absolute Gasteiger partial charge is 0.311 e. The molecule has 1 unspecified atom stereocenters. The molecule has 0 saturated heterocycles. The van der Waals surface area contributed by atoms with E-state index in [1.54, 1.807) is 6.08 Å². The lowest BCUT2D eigenvalue weighted by Gasteiger charge is -2.28. The maximum absolute atomic E-state index is 13.1. The molecule has 1 aromatic rings. The molecule has 0 aliphatic rings. The Labute approximate surface area is 146 Å². The van der Waals surface area contributed by atoms with E-state index in [2.05, 4.69) is 31.8 Å². The molecule has 0 aromatic heterocycles. The highest BCUT2D eigenvalue weighted by Gasteiger charge is 2.36. The van der Waals surface area contributed by atoms with Gasteiger partial charge in [0.2, 0.25) is 0 Å². The van der Waals surface area contributed by atoms with Crippen LogP contribution >= 0.6 is 7.60 Å². The molecule has 1 N–H and O–H groups in total. The summed E-state index contributed by atoms with van der Waals surface area (Å²) in [6.07, 6.45) is 5.63. The SMILES string of the molecule is C=CCNC(/C(=C/c1ccccc1)CCC(C)C)P(=O)(OC)OC. The van der Waals surface area contributed by atoms with E-state index in [1.807, 2.05) is 30.3 Å². The first-order valence-electron chi connectivity index (χ1n) is 8.27. The van der Waals surface area contributed by atoms with Crippen molar-refractivity contribution in [2.24, 2.45) is 5.92 Å². The topological polar surface area (TPSA) is 47.6 Å². The average molecular weight is 351 g/mol. The van der Waals surface area contributed by atoms with Gasteiger partial charge in [-0.05, 0) is 29.9 Å². The van der Waals surface area contributed by atoms with Crippen LogP contribution in [0, 0.1) is 5.92 Å². The Morgan fingerprint density at radius 3 is 2.38 bits per heavy atom. The van der Waals surface area contributed by atoms with Crippen molar-refractivity contribution in [3.8, 4) is 0 Å². The first-order valence-corrected chi connectivity index (χ1v) is 9.89. The first-order chi connectivity index (χ1) is 11.5. The minimum absolute atomic E-state index is 0.496. The maximum atomic E-state index is 13.1. The molecule has 0 radical (unpaired) electrons. The Hall–Kier alpha value is -1.19. The third-order valence-corrected chi connectivity index (χ3v) is 5.96. The number of benzene rings is 1. The van der Waals surface area contributed by atoms with Crippen LogP contribution in [0.3, 0.4) is 0 Å². The van der Waals surface area contributed by atoms with Crippen LogP contribution in [0.25, 0.3) is 6.08 Å². The van der Waals surface area contributed by atoms with Gasteiger partial charge in [-0.15, -0.1) is 6.58 Å². The Morgan fingerprint density at radius 1 is 1.25 bits per heavy atom. The fourth-order valence-corrected chi connectivity index (χ4v) is 3.94. The van der Waals surface area contributed by atoms with E-state index < -0.39 is 13.4 Å². The lowest BCUT2D eigenvalue weighted by atomic mass is 10.0. The molecule has 1 rings (SSSR count). The van der Waals surface area contributed by atoms with Crippen molar-refractivity contribution in [3.63, 3.8) is 0 Å². The molecule has 0 spiro atoms. The summed E-state index contributed by atoms with van der Waals surface area (Å²) in [7, 11) is -0.449. The van der Waals surface area contributed by atoms with Crippen molar-refractivity contribution < 1.29 is 13.6 Å². The minimum atomic E-state index is -3.30. The van der Waals surface area contributed by atoms with Gasteiger partial charge < -0.3 is 9.05 Å². The zero-order valence-electron chi connectivity index (χ0n) is 15.2. The Balaban J connectivity index is 3.25. The van der Waals surface area contributed by atoms with Crippen LogP contribution in [0.4, 0.5) is 0 Å². The molecule has 0 saturated carbocycles. The van der Waals surface area contributed by atoms with Crippen molar-refractivity contribution in [1.82, 2.24) is 5.32 Å². The summed E-state index contributed by atoms with van der Waals surface area (Å²) in [5.41, 5.74) is 2.09. The second kappa shape index (κ2) is 10.6. The van der Waals surface area contributed by atoms with Crippen molar-refractivity contribution in [3.05, 3.63) is 54.1 Å². The number of hydrogen-bond donors (Lipinski definition) is 1. The van der Waals surface area contributed by atoms with E-state index in [0.29, 0.717) is 12.5 Å². The van der Waals surface area contributed by atoms with Crippen molar-refractivity contribution in [2.45, 2.75) is 32.5 Å². The van der Waals surface area contributed by atoms with Crippen LogP contribution in [0.1, 0.15) is 32.3 Å². The van der Waals surface area contributed by atoms with Gasteiger partial charge in [-0.3, -0.25) is 9.88 Å². The summed E-state index contributed by atoms with van der Waals surface area (Å²) in [6.45, 7) is 8.61. The zero-order valence-corrected chi connectivity index (χ0v) is 16.1. The van der Waals surface area contributed by atoms with E-state index >= 15 is 0 Å². The van der Waals surface area contributed by atoms with Gasteiger partial charge in [0.15, 0.2) is 0 Å². The number of nitrogens with one attached hydrogen (secondary N) is 1. The average Bonchev–Trinajstić information content (AvgIpc) is 2.60. The van der Waals surface area contributed by atoms with Gasteiger partial charge in [0.1, 0.15) is 5.78 Å². The fourth-order valence-electron chi connectivity index (χ4n) is 2.43. The van der Waals surface area contributed by atoms with Crippen molar-refractivity contribution in [1.29, 1.82) is 0 Å². The van der Waals surface area contributed by atoms with Gasteiger partial charge in [0.25, 0.3) is 0 Å². The predicted molar refractivity (Wildman–Crippen MR) is 102 cm³/mol. The van der Waals surface area contributed by atoms with Gasteiger partial charge in [0, 0.05) is 20.8 Å². The third kappa shape index (κ3) is 6.37. The second-order valence-electron chi connectivity index (χ2n) is 6.07. The van der Waals surface area contributed by atoms with E-state index in [9.17, 15) is 4.57 Å². The maximum Gasteiger partial charge on any atom is 0.351 e. The summed E-state index contributed by atoms with van der Waals surface area (Å²) < 4.78 is 23.6. The minimum Gasteiger partial charge on any atom is -0.311 e. The quantitative estimate of drug-likeness (QED) is 0.445. The molecule has 24 heavy (non-hydrogen) atoms. The van der Waals surface area contributed by atoms with E-state index in [1.165, 1.54) is 14.2 Å². The van der Waals surface area contributed by atoms with Crippen LogP contribution in [0.5, 0.6) is 0 Å². The zero-order chi connectivity index (χ0) is 18.0. The molecule has 5 heteroatoms. The normalized spacial score (nSPS) is 14.0. The molecule has 4 nitrogen and oxygen atoms in total. The van der Waals surface area contributed by atoms with Crippen LogP contribution in [-0.4, -0.2) is 26.5 Å². The molecular weight excluding hydrogens is 321 g/mol. The standard InChI is InChI=1S/C19H30NO3P/c1-6-14-20-19(24(21,22-4)23-5)18(13-12-16(2)3)15-17-10-8-7-9-11-17/h6-11,15-16,19-20H,1,12-14H2,2-5H3/b18-15+. The highest BCUT2D eigenvalue weighted by Crippen LogP contribution is 2.53. The molecule has 0 amide bonds. The Morgan fingerprint density at radius 2 is 1.88 bits per heavy atom. The van der Waals surface area contributed by atoms with Gasteiger partial charge in [-0.2, -0.15) is 0 Å². The highest BCUT2D eigenvalue weighted by molar-refractivity contribution is 7.54. The lowest BCUT2D eigenvalue weighted by Crippen LogP contribution is -2.32. The molecule has 0 heterocycles. The van der Waals surface area contributed by atoms with E-state index in [0.717, 1.165) is 24.0 Å². The van der Waals surface area contributed by atoms with Crippen LogP contribution in [0.15, 0.2) is 48.6 Å².